The van der Waals surface area contributed by atoms with Gasteiger partial charge < -0.3 is 4.74 Å². The number of carbonyl (C=O) groups excluding carboxylic acids is 1. The molecule has 0 atom stereocenters. The number of rotatable bonds is 3. The van der Waals surface area contributed by atoms with Gasteiger partial charge in [-0.25, -0.2) is 14.3 Å². The summed E-state index contributed by atoms with van der Waals surface area (Å²) in [5.74, 6) is 0. The van der Waals surface area contributed by atoms with Crippen LogP contribution in [0.5, 0.6) is 0 Å². The predicted molar refractivity (Wildman–Crippen MR) is 64.4 cm³/mol. The fourth-order valence-corrected chi connectivity index (χ4v) is 1.31. The van der Waals surface area contributed by atoms with Crippen molar-refractivity contribution in [3.63, 3.8) is 0 Å². The van der Waals surface area contributed by atoms with Gasteiger partial charge in [-0.2, -0.15) is 0 Å². The zero-order valence-electron chi connectivity index (χ0n) is 9.19. The Bertz CT molecular complexity index is 489. The number of ether oxygens (including phenoxy) is 1. The number of nitrogens with zero attached hydrogens (tertiary/aromatic N) is 2. The maximum atomic E-state index is 11.4. The first kappa shape index (κ1) is 11.1. The molecule has 0 saturated carbocycles. The van der Waals surface area contributed by atoms with Crippen LogP contribution in [0, 0.1) is 0 Å². The van der Waals surface area contributed by atoms with Crippen LogP contribution in [-0.4, -0.2) is 22.3 Å². The quantitative estimate of drug-likeness (QED) is 0.811. The summed E-state index contributed by atoms with van der Waals surface area (Å²) < 4.78 is 6.29. The van der Waals surface area contributed by atoms with Crippen LogP contribution < -0.4 is 0 Å². The van der Waals surface area contributed by atoms with Crippen molar-refractivity contribution in [1.82, 2.24) is 9.55 Å². The molecule has 0 aliphatic rings. The second kappa shape index (κ2) is 5.65. The molecule has 0 amide bonds. The number of imidazole rings is 1. The Hall–Kier alpha value is -2.36. The van der Waals surface area contributed by atoms with Crippen LogP contribution in [0.3, 0.4) is 0 Å². The lowest BCUT2D eigenvalue weighted by Gasteiger charge is -2.00. The molecular formula is C13H12N2O2. The van der Waals surface area contributed by atoms with E-state index in [4.69, 9.17) is 4.74 Å². The second-order valence-electron chi connectivity index (χ2n) is 3.36. The molecule has 0 spiro atoms. The van der Waals surface area contributed by atoms with Crippen LogP contribution in [0.2, 0.25) is 0 Å². The summed E-state index contributed by atoms with van der Waals surface area (Å²) in [7, 11) is 0. The summed E-state index contributed by atoms with van der Waals surface area (Å²) in [6.07, 6.45) is 7.75. The predicted octanol–water partition coefficient (Wildman–Crippen LogP) is 2.58. The van der Waals surface area contributed by atoms with E-state index in [1.165, 1.54) is 17.1 Å². The number of carbonyl (C=O) groups is 1. The molecule has 4 nitrogen and oxygen atoms in total. The van der Waals surface area contributed by atoms with Crippen LogP contribution in [0.25, 0.3) is 6.08 Å². The molecular weight excluding hydrogens is 216 g/mol. The minimum absolute atomic E-state index is 0.242. The Balaban J connectivity index is 1.80. The largest absolute Gasteiger partial charge is 0.445 e. The summed E-state index contributed by atoms with van der Waals surface area (Å²) in [6, 6.07) is 9.83. The molecule has 2 aromatic rings. The molecule has 0 aliphatic carbocycles. The van der Waals surface area contributed by atoms with E-state index in [2.05, 4.69) is 4.98 Å². The Morgan fingerprint density at radius 3 is 2.88 bits per heavy atom. The fourth-order valence-electron chi connectivity index (χ4n) is 1.31. The second-order valence-corrected chi connectivity index (χ2v) is 3.36. The van der Waals surface area contributed by atoms with Gasteiger partial charge in [-0.1, -0.05) is 36.4 Å². The van der Waals surface area contributed by atoms with Crippen molar-refractivity contribution in [3.8, 4) is 0 Å². The standard InChI is InChI=1S/C13H12N2O2/c16-13(15-9-8-14-11-15)17-10-4-7-12-5-2-1-3-6-12/h1-9,11H,10H2. The maximum Gasteiger partial charge on any atom is 0.419 e. The van der Waals surface area contributed by atoms with Crippen molar-refractivity contribution in [2.45, 2.75) is 0 Å². The van der Waals surface area contributed by atoms with Crippen molar-refractivity contribution in [1.29, 1.82) is 0 Å². The molecule has 0 N–H and O–H groups in total. The molecule has 0 radical (unpaired) electrons. The monoisotopic (exact) mass is 228 g/mol. The molecule has 4 heteroatoms. The Labute approximate surface area is 99.2 Å². The summed E-state index contributed by atoms with van der Waals surface area (Å²) in [5.41, 5.74) is 1.08. The minimum Gasteiger partial charge on any atom is -0.445 e. The van der Waals surface area contributed by atoms with Gasteiger partial charge in [-0.15, -0.1) is 0 Å². The molecule has 1 aromatic heterocycles. The number of benzene rings is 1. The zero-order valence-corrected chi connectivity index (χ0v) is 9.19. The highest BCUT2D eigenvalue weighted by molar-refractivity contribution is 5.70. The molecule has 1 heterocycles. The molecule has 0 unspecified atom stereocenters. The molecule has 2 rings (SSSR count). The van der Waals surface area contributed by atoms with E-state index >= 15 is 0 Å². The van der Waals surface area contributed by atoms with Crippen LogP contribution in [0.1, 0.15) is 5.56 Å². The fraction of sp³-hybridized carbons (Fsp3) is 0.0769. The molecule has 1 aromatic carbocycles. The third-order valence-corrected chi connectivity index (χ3v) is 2.13. The lowest BCUT2D eigenvalue weighted by molar-refractivity contribution is 0.160. The highest BCUT2D eigenvalue weighted by Gasteiger charge is 2.01. The van der Waals surface area contributed by atoms with E-state index in [0.29, 0.717) is 0 Å². The van der Waals surface area contributed by atoms with Gasteiger partial charge in [0.2, 0.25) is 0 Å². The maximum absolute atomic E-state index is 11.4. The van der Waals surface area contributed by atoms with E-state index in [-0.39, 0.29) is 6.61 Å². The Morgan fingerprint density at radius 2 is 2.18 bits per heavy atom. The average molecular weight is 228 g/mol. The molecule has 0 bridgehead atoms. The van der Waals surface area contributed by atoms with Gasteiger partial charge in [0, 0.05) is 12.4 Å². The van der Waals surface area contributed by atoms with Gasteiger partial charge in [-0.05, 0) is 11.6 Å². The lowest BCUT2D eigenvalue weighted by atomic mass is 10.2. The van der Waals surface area contributed by atoms with Crippen LogP contribution in [0.15, 0.2) is 55.1 Å². The first-order valence-corrected chi connectivity index (χ1v) is 5.23. The first-order chi connectivity index (χ1) is 8.36. The topological polar surface area (TPSA) is 44.1 Å². The van der Waals surface area contributed by atoms with Gasteiger partial charge in [-0.3, -0.25) is 0 Å². The summed E-state index contributed by atoms with van der Waals surface area (Å²) >= 11 is 0. The third-order valence-electron chi connectivity index (χ3n) is 2.13. The van der Waals surface area contributed by atoms with Crippen molar-refractivity contribution in [2.24, 2.45) is 0 Å². The smallest absolute Gasteiger partial charge is 0.419 e. The number of aromatic nitrogens is 2. The number of hydrogen-bond donors (Lipinski definition) is 0. The van der Waals surface area contributed by atoms with Gasteiger partial charge >= 0.3 is 6.09 Å². The van der Waals surface area contributed by atoms with Crippen molar-refractivity contribution in [3.05, 3.63) is 60.7 Å². The van der Waals surface area contributed by atoms with E-state index < -0.39 is 6.09 Å². The lowest BCUT2D eigenvalue weighted by Crippen LogP contribution is -2.11. The van der Waals surface area contributed by atoms with E-state index in [1.54, 1.807) is 12.3 Å². The number of hydrogen-bond acceptors (Lipinski definition) is 3. The average Bonchev–Trinajstić information content (AvgIpc) is 2.89. The van der Waals surface area contributed by atoms with Gasteiger partial charge in [0.15, 0.2) is 0 Å². The van der Waals surface area contributed by atoms with E-state index in [1.807, 2.05) is 36.4 Å². The Morgan fingerprint density at radius 1 is 1.35 bits per heavy atom. The highest BCUT2D eigenvalue weighted by Crippen LogP contribution is 2.00. The minimum atomic E-state index is -0.430. The summed E-state index contributed by atoms with van der Waals surface area (Å²) in [4.78, 5) is 15.1. The third kappa shape index (κ3) is 3.31. The molecule has 86 valence electrons. The van der Waals surface area contributed by atoms with Crippen molar-refractivity contribution < 1.29 is 9.53 Å². The van der Waals surface area contributed by atoms with E-state index in [0.717, 1.165) is 5.56 Å². The van der Waals surface area contributed by atoms with Crippen LogP contribution in [0.4, 0.5) is 4.79 Å². The Kier molecular flexibility index (Phi) is 3.70. The highest BCUT2D eigenvalue weighted by atomic mass is 16.5. The normalized spacial score (nSPS) is 10.6. The molecule has 17 heavy (non-hydrogen) atoms. The summed E-state index contributed by atoms with van der Waals surface area (Å²) in [5, 5.41) is 0. The molecule has 0 fully saturated rings. The SMILES string of the molecule is O=C(OCC=Cc1ccccc1)n1ccnc1. The van der Waals surface area contributed by atoms with Gasteiger partial charge in [0.05, 0.1) is 0 Å². The van der Waals surface area contributed by atoms with Crippen molar-refractivity contribution in [2.75, 3.05) is 6.61 Å². The zero-order chi connectivity index (χ0) is 11.9. The van der Waals surface area contributed by atoms with Gasteiger partial charge in [0.25, 0.3) is 0 Å². The van der Waals surface area contributed by atoms with Crippen molar-refractivity contribution >= 4 is 12.2 Å². The summed E-state index contributed by atoms with van der Waals surface area (Å²) in [6.45, 7) is 0.242. The molecule has 0 aliphatic heterocycles. The van der Waals surface area contributed by atoms with Crippen LogP contribution >= 0.6 is 0 Å². The van der Waals surface area contributed by atoms with Crippen LogP contribution in [-0.2, 0) is 4.74 Å². The van der Waals surface area contributed by atoms with E-state index in [9.17, 15) is 4.79 Å². The van der Waals surface area contributed by atoms with Gasteiger partial charge in [0.1, 0.15) is 12.9 Å². The molecule has 0 saturated heterocycles. The first-order valence-electron chi connectivity index (χ1n) is 5.23.